The molecule has 0 aliphatic rings. The molecule has 0 saturated carbocycles. The summed E-state index contributed by atoms with van der Waals surface area (Å²) in [6, 6.07) is 40.3. The van der Waals surface area contributed by atoms with Crippen molar-refractivity contribution in [2.24, 2.45) is 0 Å². The zero-order valence-electron chi connectivity index (χ0n) is 31.4. The van der Waals surface area contributed by atoms with Crippen molar-refractivity contribution < 1.29 is 38.0 Å². The highest BCUT2D eigenvalue weighted by molar-refractivity contribution is 5.87. The van der Waals surface area contributed by atoms with Crippen molar-refractivity contribution in [3.63, 3.8) is 0 Å². The van der Waals surface area contributed by atoms with Crippen molar-refractivity contribution in [3.05, 3.63) is 168 Å². The molecule has 2 unspecified atom stereocenters. The summed E-state index contributed by atoms with van der Waals surface area (Å²) in [6.07, 6.45) is -1.22. The van der Waals surface area contributed by atoms with Crippen molar-refractivity contribution in [1.82, 2.24) is 0 Å². The third-order valence-electron chi connectivity index (χ3n) is 8.57. The highest BCUT2D eigenvalue weighted by Crippen LogP contribution is 2.51. The van der Waals surface area contributed by atoms with Crippen LogP contribution in [0.15, 0.2) is 152 Å². The van der Waals surface area contributed by atoms with E-state index in [-0.39, 0.29) is 13.2 Å². The highest BCUT2D eigenvalue weighted by Gasteiger charge is 2.39. The predicted octanol–water partition coefficient (Wildman–Crippen LogP) is 10.4. The smallest absolute Gasteiger partial charge is 0.333 e. The SMILES string of the molecule is C=C(C)C(=O)OC(C)COc1c(Oc2ccccc2)cccc1C(C)(c1ccccc1)c1cccc(Oc2ccccc2)c1OCC(C)OC(=O)C(=C)C. The molecule has 0 aliphatic heterocycles. The zero-order chi connectivity index (χ0) is 38.7. The third kappa shape index (κ3) is 9.58. The summed E-state index contributed by atoms with van der Waals surface area (Å²) in [6.45, 7) is 16.3. The second-order valence-corrected chi connectivity index (χ2v) is 13.2. The first-order valence-electron chi connectivity index (χ1n) is 17.7. The van der Waals surface area contributed by atoms with Crippen molar-refractivity contribution in [2.75, 3.05) is 13.2 Å². The molecule has 0 aromatic heterocycles. The van der Waals surface area contributed by atoms with Crippen LogP contribution in [0.25, 0.3) is 0 Å². The van der Waals surface area contributed by atoms with Crippen LogP contribution < -0.4 is 18.9 Å². The van der Waals surface area contributed by atoms with Crippen LogP contribution >= 0.6 is 0 Å². The lowest BCUT2D eigenvalue weighted by atomic mass is 9.70. The summed E-state index contributed by atoms with van der Waals surface area (Å²) in [5.41, 5.74) is 2.00. The van der Waals surface area contributed by atoms with Gasteiger partial charge in [0.15, 0.2) is 23.0 Å². The Bertz CT molecular complexity index is 1930. The fourth-order valence-electron chi connectivity index (χ4n) is 5.77. The minimum absolute atomic E-state index is 0.0260. The number of benzene rings is 5. The maximum atomic E-state index is 12.4. The van der Waals surface area contributed by atoms with Gasteiger partial charge < -0.3 is 28.4 Å². The molecule has 8 heteroatoms. The van der Waals surface area contributed by atoms with Gasteiger partial charge in [0.1, 0.15) is 36.9 Å². The zero-order valence-corrected chi connectivity index (χ0v) is 31.4. The molecule has 0 radical (unpaired) electrons. The molecule has 0 bridgehead atoms. The maximum Gasteiger partial charge on any atom is 0.333 e. The van der Waals surface area contributed by atoms with E-state index < -0.39 is 29.6 Å². The fourth-order valence-corrected chi connectivity index (χ4v) is 5.77. The van der Waals surface area contributed by atoms with Gasteiger partial charge in [0.25, 0.3) is 0 Å². The number of rotatable bonds is 17. The lowest BCUT2D eigenvalue weighted by Crippen LogP contribution is -2.29. The predicted molar refractivity (Wildman–Crippen MR) is 210 cm³/mol. The second kappa shape index (κ2) is 18.0. The number of carbonyl (C=O) groups excluding carboxylic acids is 2. The number of para-hydroxylation sites is 4. The van der Waals surface area contributed by atoms with Crippen LogP contribution in [-0.4, -0.2) is 37.4 Å². The van der Waals surface area contributed by atoms with Crippen LogP contribution in [0.1, 0.15) is 51.3 Å². The van der Waals surface area contributed by atoms with Crippen LogP contribution in [0, 0.1) is 0 Å². The van der Waals surface area contributed by atoms with Crippen molar-refractivity contribution in [2.45, 2.75) is 52.2 Å². The van der Waals surface area contributed by atoms with Crippen molar-refractivity contribution in [1.29, 1.82) is 0 Å². The molecule has 0 saturated heterocycles. The number of carbonyl (C=O) groups is 2. The Hall–Kier alpha value is -6.28. The van der Waals surface area contributed by atoms with Crippen LogP contribution in [-0.2, 0) is 24.5 Å². The Balaban J connectivity index is 1.70. The molecule has 8 nitrogen and oxygen atoms in total. The molecule has 54 heavy (non-hydrogen) atoms. The summed E-state index contributed by atoms with van der Waals surface area (Å²) in [5, 5.41) is 0. The molecule has 5 aromatic carbocycles. The van der Waals surface area contributed by atoms with Crippen LogP contribution in [0.2, 0.25) is 0 Å². The van der Waals surface area contributed by atoms with Crippen LogP contribution in [0.4, 0.5) is 0 Å². The summed E-state index contributed by atoms with van der Waals surface area (Å²) < 4.78 is 37.4. The normalized spacial score (nSPS) is 13.0. The van der Waals surface area contributed by atoms with Gasteiger partial charge in [-0.05, 0) is 76.6 Å². The first-order valence-corrected chi connectivity index (χ1v) is 17.7. The Morgan fingerprint density at radius 2 is 0.926 bits per heavy atom. The Morgan fingerprint density at radius 3 is 1.30 bits per heavy atom. The third-order valence-corrected chi connectivity index (χ3v) is 8.57. The number of hydrogen-bond acceptors (Lipinski definition) is 8. The molecule has 0 heterocycles. The summed E-state index contributed by atoms with van der Waals surface area (Å²) in [7, 11) is 0. The van der Waals surface area contributed by atoms with E-state index in [0.717, 1.165) is 16.7 Å². The topological polar surface area (TPSA) is 89.5 Å². The van der Waals surface area contributed by atoms with Crippen LogP contribution in [0.3, 0.4) is 0 Å². The maximum absolute atomic E-state index is 12.4. The number of hydrogen-bond donors (Lipinski definition) is 0. The van der Waals surface area contributed by atoms with Crippen molar-refractivity contribution in [3.8, 4) is 34.5 Å². The molecule has 0 aliphatic carbocycles. The van der Waals surface area contributed by atoms with Gasteiger partial charge in [0.2, 0.25) is 0 Å². The first kappa shape index (κ1) is 38.9. The van der Waals surface area contributed by atoms with E-state index in [1.54, 1.807) is 27.7 Å². The van der Waals surface area contributed by atoms with E-state index in [9.17, 15) is 9.59 Å². The number of ether oxygens (including phenoxy) is 6. The standard InChI is InChI=1S/C46H46O8/c1-31(2)44(47)51-33(5)29-49-42-38(25-17-27-40(42)53-36-21-13-9-14-22-36)46(7,35-19-11-8-12-20-35)39-26-18-28-41(54-37-23-15-10-16-24-37)43(39)50-30-34(6)52-45(48)32(3)4/h8-28,33-34H,1,3,29-30H2,2,4-7H3. The molecule has 0 amide bonds. The molecule has 0 fully saturated rings. The molecular formula is C46H46O8. The summed E-state index contributed by atoms with van der Waals surface area (Å²) in [5.74, 6) is 2.01. The van der Waals surface area contributed by atoms with Gasteiger partial charge in [-0.15, -0.1) is 0 Å². The molecular weight excluding hydrogens is 680 g/mol. The highest BCUT2D eigenvalue weighted by atomic mass is 16.6. The minimum Gasteiger partial charge on any atom is -0.485 e. The summed E-state index contributed by atoms with van der Waals surface area (Å²) >= 11 is 0. The van der Waals surface area contributed by atoms with Crippen LogP contribution in [0.5, 0.6) is 34.5 Å². The van der Waals surface area contributed by atoms with Gasteiger partial charge >= 0.3 is 11.9 Å². The monoisotopic (exact) mass is 726 g/mol. The van der Waals surface area contributed by atoms with E-state index >= 15 is 0 Å². The van der Waals surface area contributed by atoms with E-state index in [4.69, 9.17) is 28.4 Å². The van der Waals surface area contributed by atoms with Gasteiger partial charge in [-0.3, -0.25) is 0 Å². The van der Waals surface area contributed by atoms with E-state index in [1.807, 2.05) is 127 Å². The van der Waals surface area contributed by atoms with Gasteiger partial charge in [-0.1, -0.05) is 104 Å². The molecule has 5 aromatic rings. The Labute approximate surface area is 317 Å². The van der Waals surface area contributed by atoms with Gasteiger partial charge in [-0.25, -0.2) is 9.59 Å². The molecule has 5 rings (SSSR count). The first-order chi connectivity index (χ1) is 26.0. The molecule has 278 valence electrons. The van der Waals surface area contributed by atoms with Gasteiger partial charge in [0.05, 0.1) is 0 Å². The average molecular weight is 727 g/mol. The largest absolute Gasteiger partial charge is 0.485 e. The summed E-state index contributed by atoms with van der Waals surface area (Å²) in [4.78, 5) is 24.8. The van der Waals surface area contributed by atoms with E-state index in [0.29, 0.717) is 45.6 Å². The molecule has 0 spiro atoms. The van der Waals surface area contributed by atoms with Crippen molar-refractivity contribution >= 4 is 11.9 Å². The quantitative estimate of drug-likeness (QED) is 0.0532. The molecule has 0 N–H and O–H groups in total. The van der Waals surface area contributed by atoms with Gasteiger partial charge in [0, 0.05) is 27.7 Å². The minimum atomic E-state index is -0.979. The lowest BCUT2D eigenvalue weighted by molar-refractivity contribution is -0.145. The van der Waals surface area contributed by atoms with E-state index in [2.05, 4.69) is 20.1 Å². The van der Waals surface area contributed by atoms with E-state index in [1.165, 1.54) is 0 Å². The van der Waals surface area contributed by atoms with Gasteiger partial charge in [-0.2, -0.15) is 0 Å². The Kier molecular flexibility index (Phi) is 13.0. The fraction of sp³-hybridized carbons (Fsp3) is 0.217. The average Bonchev–Trinajstić information content (AvgIpc) is 3.17. The second-order valence-electron chi connectivity index (χ2n) is 13.2. The number of esters is 2. The lowest BCUT2D eigenvalue weighted by Gasteiger charge is -2.35. The Morgan fingerprint density at radius 1 is 0.556 bits per heavy atom. The molecule has 2 atom stereocenters.